The molecule has 0 radical (unpaired) electrons. The number of benzene rings is 2. The molecule has 0 spiro atoms. The smallest absolute Gasteiger partial charge is 0.329 e. The van der Waals surface area contributed by atoms with E-state index in [1.165, 1.54) is 0 Å². The average Bonchev–Trinajstić information content (AvgIpc) is 3.26. The highest BCUT2D eigenvalue weighted by Gasteiger charge is 2.19. The number of carbonyl (C=O) groups is 2. The summed E-state index contributed by atoms with van der Waals surface area (Å²) in [6.45, 7) is 1.13. The van der Waals surface area contributed by atoms with Crippen LogP contribution in [0.2, 0.25) is 0 Å². The predicted molar refractivity (Wildman–Crippen MR) is 109 cm³/mol. The van der Waals surface area contributed by atoms with Crippen LogP contribution in [-0.4, -0.2) is 39.4 Å². The minimum Gasteiger partial charge on any atom is -0.339 e. The summed E-state index contributed by atoms with van der Waals surface area (Å²) in [4.78, 5) is 53.8. The maximum absolute atomic E-state index is 12.5. The first kappa shape index (κ1) is 18.7. The van der Waals surface area contributed by atoms with E-state index in [9.17, 15) is 19.2 Å². The summed E-state index contributed by atoms with van der Waals surface area (Å²) in [5.74, 6) is -0.527. The summed E-state index contributed by atoms with van der Waals surface area (Å²) < 4.78 is 0.864. The Hall–Kier alpha value is -3.68. The van der Waals surface area contributed by atoms with Gasteiger partial charge in [0, 0.05) is 24.3 Å². The summed E-state index contributed by atoms with van der Waals surface area (Å²) >= 11 is 0. The van der Waals surface area contributed by atoms with E-state index in [0.29, 0.717) is 22.2 Å². The molecule has 1 aliphatic heterocycles. The number of anilines is 1. The zero-order valence-corrected chi connectivity index (χ0v) is 15.7. The van der Waals surface area contributed by atoms with Gasteiger partial charge in [-0.1, -0.05) is 12.1 Å². The molecule has 1 saturated heterocycles. The molecule has 2 amide bonds. The van der Waals surface area contributed by atoms with Crippen molar-refractivity contribution in [2.45, 2.75) is 19.4 Å². The molecule has 2 aromatic carbocycles. The van der Waals surface area contributed by atoms with Crippen LogP contribution in [0.4, 0.5) is 5.69 Å². The van der Waals surface area contributed by atoms with Gasteiger partial charge in [0.05, 0.1) is 10.9 Å². The molecule has 148 valence electrons. The van der Waals surface area contributed by atoms with Crippen LogP contribution in [0.1, 0.15) is 23.2 Å². The fourth-order valence-electron chi connectivity index (χ4n) is 3.49. The number of para-hydroxylation sites is 1. The Balaban J connectivity index is 1.47. The average molecular weight is 392 g/mol. The number of amides is 2. The summed E-state index contributed by atoms with van der Waals surface area (Å²) in [6.07, 6.45) is 2.04. The lowest BCUT2D eigenvalue weighted by Gasteiger charge is -2.15. The summed E-state index contributed by atoms with van der Waals surface area (Å²) in [5, 5.41) is 2.99. The second-order valence-electron chi connectivity index (χ2n) is 6.99. The van der Waals surface area contributed by atoms with Crippen LogP contribution < -0.4 is 16.6 Å². The normalized spacial score (nSPS) is 13.6. The van der Waals surface area contributed by atoms with Crippen LogP contribution >= 0.6 is 0 Å². The zero-order chi connectivity index (χ0) is 20.4. The van der Waals surface area contributed by atoms with Crippen molar-refractivity contribution in [3.63, 3.8) is 0 Å². The van der Waals surface area contributed by atoms with Crippen LogP contribution in [-0.2, 0) is 11.3 Å². The summed E-state index contributed by atoms with van der Waals surface area (Å²) in [5.41, 5.74) is 0.309. The van der Waals surface area contributed by atoms with Gasteiger partial charge in [-0.25, -0.2) is 4.79 Å². The molecule has 0 aliphatic carbocycles. The highest BCUT2D eigenvalue weighted by Crippen LogP contribution is 2.15. The largest absolute Gasteiger partial charge is 0.339 e. The SMILES string of the molecule is O=C(Cn1c(=O)[nH]c2ccccc2c1=O)Nc1ccc(C(=O)N2CCCC2)cc1. The Morgan fingerprint density at radius 2 is 1.66 bits per heavy atom. The maximum Gasteiger partial charge on any atom is 0.329 e. The fraction of sp³-hybridized carbons (Fsp3) is 0.238. The number of nitrogens with zero attached hydrogens (tertiary/aromatic N) is 2. The molecular weight excluding hydrogens is 372 g/mol. The Labute approximate surface area is 165 Å². The van der Waals surface area contributed by atoms with Gasteiger partial charge in [-0.2, -0.15) is 0 Å². The van der Waals surface area contributed by atoms with Gasteiger partial charge in [0.15, 0.2) is 0 Å². The Bertz CT molecular complexity index is 1190. The van der Waals surface area contributed by atoms with Crippen LogP contribution in [0.15, 0.2) is 58.1 Å². The molecule has 4 rings (SSSR count). The van der Waals surface area contributed by atoms with Crippen molar-refractivity contribution in [1.82, 2.24) is 14.5 Å². The van der Waals surface area contributed by atoms with Gasteiger partial charge in [0.2, 0.25) is 5.91 Å². The maximum atomic E-state index is 12.5. The van der Waals surface area contributed by atoms with E-state index in [1.54, 1.807) is 48.5 Å². The van der Waals surface area contributed by atoms with Crippen molar-refractivity contribution in [1.29, 1.82) is 0 Å². The molecule has 0 unspecified atom stereocenters. The van der Waals surface area contributed by atoms with E-state index in [2.05, 4.69) is 10.3 Å². The zero-order valence-electron chi connectivity index (χ0n) is 15.7. The standard InChI is InChI=1S/C21H20N4O4/c26-18(13-25-20(28)16-5-1-2-6-17(16)23-21(25)29)22-15-9-7-14(8-10-15)19(27)24-11-3-4-12-24/h1-2,5-10H,3-4,11-13H2,(H,22,26)(H,23,29). The van der Waals surface area contributed by atoms with Crippen molar-refractivity contribution >= 4 is 28.4 Å². The molecule has 0 bridgehead atoms. The number of rotatable bonds is 4. The number of aromatic amines is 1. The van der Waals surface area contributed by atoms with Crippen LogP contribution in [0, 0.1) is 0 Å². The fourth-order valence-corrected chi connectivity index (χ4v) is 3.49. The van der Waals surface area contributed by atoms with Crippen LogP contribution in [0.5, 0.6) is 0 Å². The third-order valence-corrected chi connectivity index (χ3v) is 5.00. The lowest BCUT2D eigenvalue weighted by Crippen LogP contribution is -2.38. The number of likely N-dealkylation sites (tertiary alicyclic amines) is 1. The van der Waals surface area contributed by atoms with E-state index in [-0.39, 0.29) is 5.91 Å². The van der Waals surface area contributed by atoms with Gasteiger partial charge in [0.25, 0.3) is 11.5 Å². The highest BCUT2D eigenvalue weighted by molar-refractivity contribution is 5.96. The molecule has 1 fully saturated rings. The van der Waals surface area contributed by atoms with Crippen LogP contribution in [0.25, 0.3) is 10.9 Å². The molecule has 1 aromatic heterocycles. The van der Waals surface area contributed by atoms with Crippen molar-refractivity contribution < 1.29 is 9.59 Å². The molecule has 8 heteroatoms. The Morgan fingerprint density at radius 1 is 0.966 bits per heavy atom. The topological polar surface area (TPSA) is 104 Å². The molecule has 2 N–H and O–H groups in total. The highest BCUT2D eigenvalue weighted by atomic mass is 16.2. The van der Waals surface area contributed by atoms with Crippen molar-refractivity contribution in [3.05, 3.63) is 74.9 Å². The lowest BCUT2D eigenvalue weighted by atomic mass is 10.2. The second kappa shape index (κ2) is 7.75. The van der Waals surface area contributed by atoms with E-state index in [1.807, 2.05) is 4.90 Å². The molecule has 0 atom stereocenters. The van der Waals surface area contributed by atoms with Gasteiger partial charge >= 0.3 is 5.69 Å². The number of hydrogen-bond donors (Lipinski definition) is 2. The lowest BCUT2D eigenvalue weighted by molar-refractivity contribution is -0.116. The Morgan fingerprint density at radius 3 is 2.38 bits per heavy atom. The minimum absolute atomic E-state index is 0.0189. The van der Waals surface area contributed by atoms with Gasteiger partial charge in [-0.3, -0.25) is 19.0 Å². The molecule has 1 aliphatic rings. The molecule has 29 heavy (non-hydrogen) atoms. The van der Waals surface area contributed by atoms with Gasteiger partial charge in [-0.05, 0) is 49.2 Å². The van der Waals surface area contributed by atoms with Gasteiger partial charge in [-0.15, -0.1) is 0 Å². The van der Waals surface area contributed by atoms with E-state index in [0.717, 1.165) is 30.5 Å². The Kier molecular flexibility index (Phi) is 4.99. The first-order chi connectivity index (χ1) is 14.0. The molecule has 2 heterocycles. The van der Waals surface area contributed by atoms with Crippen molar-refractivity contribution in [3.8, 4) is 0 Å². The van der Waals surface area contributed by atoms with Gasteiger partial charge < -0.3 is 15.2 Å². The number of carbonyl (C=O) groups excluding carboxylic acids is 2. The second-order valence-corrected chi connectivity index (χ2v) is 6.99. The number of aromatic nitrogens is 2. The predicted octanol–water partition coefficient (Wildman–Crippen LogP) is 1.56. The number of H-pyrrole nitrogens is 1. The molecule has 0 saturated carbocycles. The third-order valence-electron chi connectivity index (χ3n) is 5.00. The third kappa shape index (κ3) is 3.82. The van der Waals surface area contributed by atoms with Crippen molar-refractivity contribution in [2.24, 2.45) is 0 Å². The summed E-state index contributed by atoms with van der Waals surface area (Å²) in [7, 11) is 0. The van der Waals surface area contributed by atoms with Crippen molar-refractivity contribution in [2.75, 3.05) is 18.4 Å². The first-order valence-electron chi connectivity index (χ1n) is 9.44. The monoisotopic (exact) mass is 392 g/mol. The molecular formula is C21H20N4O4. The molecule has 3 aromatic rings. The van der Waals surface area contributed by atoms with E-state index >= 15 is 0 Å². The number of fused-ring (bicyclic) bond motifs is 1. The quantitative estimate of drug-likeness (QED) is 0.703. The van der Waals surface area contributed by atoms with E-state index in [4.69, 9.17) is 0 Å². The van der Waals surface area contributed by atoms with E-state index < -0.39 is 23.7 Å². The first-order valence-corrected chi connectivity index (χ1v) is 9.44. The minimum atomic E-state index is -0.643. The van der Waals surface area contributed by atoms with Crippen LogP contribution in [0.3, 0.4) is 0 Å². The number of hydrogen-bond acceptors (Lipinski definition) is 4. The van der Waals surface area contributed by atoms with Gasteiger partial charge in [0.1, 0.15) is 6.54 Å². The summed E-state index contributed by atoms with van der Waals surface area (Å²) in [6, 6.07) is 13.2. The number of nitrogens with one attached hydrogen (secondary N) is 2. The molecule has 8 nitrogen and oxygen atoms in total.